The van der Waals surface area contributed by atoms with Gasteiger partial charge in [-0.3, -0.25) is 19.7 Å². The minimum Gasteiger partial charge on any atom is -0.368 e. The molecule has 0 bridgehead atoms. The molecule has 1 aliphatic heterocycles. The lowest BCUT2D eigenvalue weighted by molar-refractivity contribution is -0.128. The first-order valence-electron chi connectivity index (χ1n) is 4.95. The number of nitrogens with zero attached hydrogens (tertiary/aromatic N) is 3. The predicted molar refractivity (Wildman–Crippen MR) is 54.8 cm³/mol. The Kier molecular flexibility index (Phi) is 2.40. The number of amides is 1. The Labute approximate surface area is 88.3 Å². The predicted octanol–water partition coefficient (Wildman–Crippen LogP) is -0.117. The fourth-order valence-corrected chi connectivity index (χ4v) is 2.23. The Morgan fingerprint density at radius 1 is 1.60 bits per heavy atom. The fourth-order valence-electron chi connectivity index (χ4n) is 2.23. The number of hydrogen-bond donors (Lipinski definition) is 1. The second-order valence-electron chi connectivity index (χ2n) is 3.84. The van der Waals surface area contributed by atoms with Gasteiger partial charge in [-0.1, -0.05) is 0 Å². The van der Waals surface area contributed by atoms with Crippen molar-refractivity contribution < 1.29 is 4.79 Å². The molecule has 0 aliphatic carbocycles. The van der Waals surface area contributed by atoms with Crippen molar-refractivity contribution in [2.45, 2.75) is 18.4 Å². The van der Waals surface area contributed by atoms with Crippen LogP contribution in [0, 0.1) is 0 Å². The molecule has 1 aromatic rings. The molecule has 5 heteroatoms. The molecule has 15 heavy (non-hydrogen) atoms. The summed E-state index contributed by atoms with van der Waals surface area (Å²) in [6.45, 7) is 0.861. The first-order valence-corrected chi connectivity index (χ1v) is 4.95. The van der Waals surface area contributed by atoms with Gasteiger partial charge in [0.1, 0.15) is 5.54 Å². The summed E-state index contributed by atoms with van der Waals surface area (Å²) < 4.78 is 0. The molecule has 5 nitrogen and oxygen atoms in total. The van der Waals surface area contributed by atoms with Gasteiger partial charge in [-0.2, -0.15) is 0 Å². The number of carbonyl (C=O) groups excluding carboxylic acids is 1. The highest BCUT2D eigenvalue weighted by molar-refractivity contribution is 5.85. The van der Waals surface area contributed by atoms with Gasteiger partial charge in [0.2, 0.25) is 5.91 Å². The van der Waals surface area contributed by atoms with Gasteiger partial charge in [-0.15, -0.1) is 0 Å². The highest BCUT2D eigenvalue weighted by Crippen LogP contribution is 2.35. The SMILES string of the molecule is CN1CCC[C@@]1(C(N)=O)c1cnccn1. The number of aromatic nitrogens is 2. The van der Waals surface area contributed by atoms with E-state index in [-0.39, 0.29) is 5.91 Å². The average Bonchev–Trinajstić information content (AvgIpc) is 2.62. The number of likely N-dealkylation sites (N-methyl/N-ethyl adjacent to an activating group) is 1. The first kappa shape index (κ1) is 10.0. The van der Waals surface area contributed by atoms with E-state index in [0.29, 0.717) is 5.69 Å². The lowest BCUT2D eigenvalue weighted by Gasteiger charge is -2.31. The number of primary amides is 1. The quantitative estimate of drug-likeness (QED) is 0.732. The van der Waals surface area contributed by atoms with Crippen LogP contribution in [0.1, 0.15) is 18.5 Å². The molecule has 80 valence electrons. The summed E-state index contributed by atoms with van der Waals surface area (Å²) in [5.41, 5.74) is 5.40. The number of nitrogens with two attached hydrogens (primary N) is 1. The normalized spacial score (nSPS) is 26.7. The summed E-state index contributed by atoms with van der Waals surface area (Å²) in [4.78, 5) is 21.8. The third-order valence-corrected chi connectivity index (χ3v) is 3.08. The molecule has 2 N–H and O–H groups in total. The van der Waals surface area contributed by atoms with Gasteiger partial charge in [-0.05, 0) is 26.4 Å². The van der Waals surface area contributed by atoms with E-state index in [1.54, 1.807) is 18.6 Å². The maximum absolute atomic E-state index is 11.6. The van der Waals surface area contributed by atoms with Crippen LogP contribution in [0.15, 0.2) is 18.6 Å². The number of rotatable bonds is 2. The first-order chi connectivity index (χ1) is 7.18. The Hall–Kier alpha value is -1.49. The third-order valence-electron chi connectivity index (χ3n) is 3.08. The summed E-state index contributed by atoms with van der Waals surface area (Å²) in [6, 6.07) is 0. The molecule has 0 unspecified atom stereocenters. The van der Waals surface area contributed by atoms with Crippen molar-refractivity contribution in [3.05, 3.63) is 24.3 Å². The van der Waals surface area contributed by atoms with E-state index in [2.05, 4.69) is 9.97 Å². The summed E-state index contributed by atoms with van der Waals surface area (Å²) >= 11 is 0. The van der Waals surface area contributed by atoms with Crippen LogP contribution < -0.4 is 5.73 Å². The van der Waals surface area contributed by atoms with Crippen molar-refractivity contribution in [3.63, 3.8) is 0 Å². The topological polar surface area (TPSA) is 72.1 Å². The third kappa shape index (κ3) is 1.39. The van der Waals surface area contributed by atoms with Crippen molar-refractivity contribution in [2.75, 3.05) is 13.6 Å². The summed E-state index contributed by atoms with van der Waals surface area (Å²) in [5, 5.41) is 0. The largest absolute Gasteiger partial charge is 0.368 e. The van der Waals surface area contributed by atoms with Gasteiger partial charge in [0.15, 0.2) is 0 Å². The lowest BCUT2D eigenvalue weighted by Crippen LogP contribution is -2.50. The molecule has 1 fully saturated rings. The minimum absolute atomic E-state index is 0.344. The van der Waals surface area contributed by atoms with E-state index in [9.17, 15) is 4.79 Å². The van der Waals surface area contributed by atoms with E-state index < -0.39 is 5.54 Å². The van der Waals surface area contributed by atoms with Gasteiger partial charge in [-0.25, -0.2) is 0 Å². The molecule has 2 heterocycles. The van der Waals surface area contributed by atoms with Crippen LogP contribution in [0.3, 0.4) is 0 Å². The van der Waals surface area contributed by atoms with Crippen molar-refractivity contribution in [1.29, 1.82) is 0 Å². The molecule has 0 radical (unpaired) electrons. The van der Waals surface area contributed by atoms with Crippen molar-refractivity contribution in [3.8, 4) is 0 Å². The zero-order chi connectivity index (χ0) is 10.9. The second kappa shape index (κ2) is 3.58. The highest BCUT2D eigenvalue weighted by atomic mass is 16.1. The number of carbonyl (C=O) groups is 1. The van der Waals surface area contributed by atoms with Crippen LogP contribution in [0.5, 0.6) is 0 Å². The molecule has 1 aromatic heterocycles. The zero-order valence-corrected chi connectivity index (χ0v) is 8.68. The van der Waals surface area contributed by atoms with E-state index in [4.69, 9.17) is 5.73 Å². The average molecular weight is 206 g/mol. The van der Waals surface area contributed by atoms with E-state index in [0.717, 1.165) is 19.4 Å². The molecule has 0 saturated carbocycles. The molecule has 1 atom stereocenters. The van der Waals surface area contributed by atoms with Gasteiger partial charge in [0.05, 0.1) is 11.9 Å². The van der Waals surface area contributed by atoms with Gasteiger partial charge < -0.3 is 5.73 Å². The minimum atomic E-state index is -0.756. The maximum Gasteiger partial charge on any atom is 0.244 e. The number of likely N-dealkylation sites (tertiary alicyclic amines) is 1. The molecule has 2 rings (SSSR count). The second-order valence-corrected chi connectivity index (χ2v) is 3.84. The molecular weight excluding hydrogens is 192 g/mol. The van der Waals surface area contributed by atoms with Crippen molar-refractivity contribution in [2.24, 2.45) is 5.73 Å². The summed E-state index contributed by atoms with van der Waals surface area (Å²) in [6.07, 6.45) is 6.47. The van der Waals surface area contributed by atoms with Crippen LogP contribution >= 0.6 is 0 Å². The number of hydrogen-bond acceptors (Lipinski definition) is 4. The monoisotopic (exact) mass is 206 g/mol. The van der Waals surface area contributed by atoms with Gasteiger partial charge in [0.25, 0.3) is 0 Å². The Morgan fingerprint density at radius 2 is 2.40 bits per heavy atom. The summed E-state index contributed by atoms with van der Waals surface area (Å²) in [7, 11) is 1.90. The molecule has 0 aromatic carbocycles. The van der Waals surface area contributed by atoms with Crippen LogP contribution in [0.25, 0.3) is 0 Å². The molecule has 1 aliphatic rings. The Balaban J connectivity index is 2.49. The zero-order valence-electron chi connectivity index (χ0n) is 8.68. The molecular formula is C10H14N4O. The van der Waals surface area contributed by atoms with Crippen molar-refractivity contribution in [1.82, 2.24) is 14.9 Å². The molecule has 1 amide bonds. The van der Waals surface area contributed by atoms with E-state index >= 15 is 0 Å². The van der Waals surface area contributed by atoms with Crippen LogP contribution in [0.2, 0.25) is 0 Å². The molecule has 1 saturated heterocycles. The van der Waals surface area contributed by atoms with Crippen LogP contribution in [-0.2, 0) is 10.3 Å². The molecule has 0 spiro atoms. The fraction of sp³-hybridized carbons (Fsp3) is 0.500. The van der Waals surface area contributed by atoms with E-state index in [1.165, 1.54) is 0 Å². The highest BCUT2D eigenvalue weighted by Gasteiger charge is 2.47. The van der Waals surface area contributed by atoms with Gasteiger partial charge >= 0.3 is 0 Å². The lowest BCUT2D eigenvalue weighted by atomic mass is 9.91. The van der Waals surface area contributed by atoms with Crippen LogP contribution in [-0.4, -0.2) is 34.4 Å². The van der Waals surface area contributed by atoms with Crippen molar-refractivity contribution >= 4 is 5.91 Å². The van der Waals surface area contributed by atoms with E-state index in [1.807, 2.05) is 11.9 Å². The van der Waals surface area contributed by atoms with Gasteiger partial charge in [0, 0.05) is 12.4 Å². The van der Waals surface area contributed by atoms with Crippen LogP contribution in [0.4, 0.5) is 0 Å². The standard InChI is InChI=1S/C10H14N4O/c1-14-6-2-3-10(14,9(11)15)8-7-12-4-5-13-8/h4-5,7H,2-3,6H2,1H3,(H2,11,15)/t10-/m0/s1. The Morgan fingerprint density at radius 3 is 2.87 bits per heavy atom. The smallest absolute Gasteiger partial charge is 0.244 e. The maximum atomic E-state index is 11.6. The summed E-state index contributed by atoms with van der Waals surface area (Å²) in [5.74, 6) is -0.344. The Bertz CT molecular complexity index is 367.